The Morgan fingerprint density at radius 3 is 3.00 bits per heavy atom. The van der Waals surface area contributed by atoms with Crippen LogP contribution in [0.25, 0.3) is 0 Å². The highest BCUT2D eigenvalue weighted by Gasteiger charge is 2.48. The Kier molecular flexibility index (Phi) is 3.09. The number of ether oxygens (including phenoxy) is 2. The largest absolute Gasteiger partial charge is 0.489 e. The third-order valence-corrected chi connectivity index (χ3v) is 3.93. The highest BCUT2D eigenvalue weighted by Crippen LogP contribution is 2.41. The zero-order valence-electron chi connectivity index (χ0n) is 12.0. The van der Waals surface area contributed by atoms with Gasteiger partial charge >= 0.3 is 0 Å². The van der Waals surface area contributed by atoms with E-state index in [9.17, 15) is 4.79 Å². The fourth-order valence-electron chi connectivity index (χ4n) is 2.67. The molecular formula is C15H20N2O3. The topological polar surface area (TPSA) is 59.6 Å². The summed E-state index contributed by atoms with van der Waals surface area (Å²) in [5, 5.41) is 6.42. The van der Waals surface area contributed by atoms with Gasteiger partial charge in [0.2, 0.25) is 5.91 Å². The summed E-state index contributed by atoms with van der Waals surface area (Å²) in [5.41, 5.74) is 1.06. The summed E-state index contributed by atoms with van der Waals surface area (Å²) in [6, 6.07) is 5.74. The van der Waals surface area contributed by atoms with Crippen LogP contribution in [-0.2, 0) is 9.53 Å². The molecule has 1 amide bonds. The third-order valence-electron chi connectivity index (χ3n) is 3.93. The predicted octanol–water partition coefficient (Wildman–Crippen LogP) is 2.24. The third kappa shape index (κ3) is 2.02. The van der Waals surface area contributed by atoms with Gasteiger partial charge in [-0.25, -0.2) is 0 Å². The standard InChI is InChI=1S/C15H20N2O3/c1-9(2)20-11-6-4-5-10-13(11)17-14(18)15(3)8-19-7-12(15)16-10/h4-6,9,12,16H,7-8H2,1-3H3,(H,17,18). The fourth-order valence-corrected chi connectivity index (χ4v) is 2.67. The summed E-state index contributed by atoms with van der Waals surface area (Å²) in [5.74, 6) is 0.675. The first-order valence-electron chi connectivity index (χ1n) is 6.96. The molecule has 2 unspecified atom stereocenters. The van der Waals surface area contributed by atoms with E-state index >= 15 is 0 Å². The van der Waals surface area contributed by atoms with Crippen molar-refractivity contribution >= 4 is 17.3 Å². The maximum absolute atomic E-state index is 12.5. The molecule has 0 saturated carbocycles. The molecular weight excluding hydrogens is 256 g/mol. The van der Waals surface area contributed by atoms with Crippen molar-refractivity contribution in [3.63, 3.8) is 0 Å². The van der Waals surface area contributed by atoms with Gasteiger partial charge in [0.1, 0.15) is 11.4 Å². The fraction of sp³-hybridized carbons (Fsp3) is 0.533. The minimum Gasteiger partial charge on any atom is -0.489 e. The molecule has 20 heavy (non-hydrogen) atoms. The molecule has 1 aromatic carbocycles. The average molecular weight is 276 g/mol. The van der Waals surface area contributed by atoms with E-state index in [1.54, 1.807) is 0 Å². The first kappa shape index (κ1) is 13.2. The molecule has 5 nitrogen and oxygen atoms in total. The van der Waals surface area contributed by atoms with E-state index in [1.165, 1.54) is 0 Å². The molecule has 1 aromatic rings. The predicted molar refractivity (Wildman–Crippen MR) is 77.2 cm³/mol. The molecule has 2 N–H and O–H groups in total. The second kappa shape index (κ2) is 4.66. The lowest BCUT2D eigenvalue weighted by Gasteiger charge is -2.25. The second-order valence-corrected chi connectivity index (χ2v) is 5.93. The summed E-state index contributed by atoms with van der Waals surface area (Å²) in [6.07, 6.45) is 0.0556. The van der Waals surface area contributed by atoms with Crippen molar-refractivity contribution in [1.29, 1.82) is 0 Å². The summed E-state index contributed by atoms with van der Waals surface area (Å²) in [6.45, 7) is 6.84. The number of fused-ring (bicyclic) bond motifs is 2. The number of carbonyl (C=O) groups is 1. The number of benzene rings is 1. The normalized spacial score (nSPS) is 28.2. The molecule has 5 heteroatoms. The van der Waals surface area contributed by atoms with E-state index in [0.717, 1.165) is 11.4 Å². The van der Waals surface area contributed by atoms with Gasteiger partial charge in [0.05, 0.1) is 36.5 Å². The highest BCUT2D eigenvalue weighted by molar-refractivity contribution is 6.02. The smallest absolute Gasteiger partial charge is 0.234 e. The molecule has 0 radical (unpaired) electrons. The quantitative estimate of drug-likeness (QED) is 0.869. The van der Waals surface area contributed by atoms with Gasteiger partial charge in [0, 0.05) is 0 Å². The van der Waals surface area contributed by atoms with Crippen molar-refractivity contribution in [2.45, 2.75) is 32.9 Å². The maximum atomic E-state index is 12.5. The Labute approximate surface area is 118 Å². The van der Waals surface area contributed by atoms with E-state index in [2.05, 4.69) is 10.6 Å². The van der Waals surface area contributed by atoms with Crippen LogP contribution in [0.4, 0.5) is 11.4 Å². The lowest BCUT2D eigenvalue weighted by atomic mass is 9.84. The van der Waals surface area contributed by atoms with Gasteiger partial charge in [-0.15, -0.1) is 0 Å². The van der Waals surface area contributed by atoms with E-state index in [1.807, 2.05) is 39.0 Å². The van der Waals surface area contributed by atoms with Crippen molar-refractivity contribution in [2.75, 3.05) is 23.8 Å². The number of nitrogens with one attached hydrogen (secondary N) is 2. The van der Waals surface area contributed by atoms with Gasteiger partial charge in [0.15, 0.2) is 0 Å². The summed E-state index contributed by atoms with van der Waals surface area (Å²) >= 11 is 0. The van der Waals surface area contributed by atoms with Crippen LogP contribution in [0.5, 0.6) is 5.75 Å². The van der Waals surface area contributed by atoms with Crippen LogP contribution in [0.15, 0.2) is 18.2 Å². The van der Waals surface area contributed by atoms with Gasteiger partial charge in [-0.05, 0) is 32.9 Å². The number of anilines is 2. The molecule has 0 aromatic heterocycles. The van der Waals surface area contributed by atoms with Crippen LogP contribution in [0.2, 0.25) is 0 Å². The second-order valence-electron chi connectivity index (χ2n) is 5.93. The van der Waals surface area contributed by atoms with Crippen molar-refractivity contribution < 1.29 is 14.3 Å². The highest BCUT2D eigenvalue weighted by atomic mass is 16.5. The SMILES string of the molecule is CC(C)Oc1cccc2c1NC(=O)C1(C)COCC1N2. The molecule has 0 aliphatic carbocycles. The van der Waals surface area contributed by atoms with Gasteiger partial charge in [-0.2, -0.15) is 0 Å². The van der Waals surface area contributed by atoms with Gasteiger partial charge in [-0.1, -0.05) is 6.07 Å². The first-order chi connectivity index (χ1) is 9.50. The molecule has 0 spiro atoms. The van der Waals surface area contributed by atoms with Crippen LogP contribution in [0.3, 0.4) is 0 Å². The van der Waals surface area contributed by atoms with E-state index < -0.39 is 5.41 Å². The van der Waals surface area contributed by atoms with Gasteiger partial charge in [0.25, 0.3) is 0 Å². The minimum absolute atomic E-state index is 0.0157. The number of hydrogen-bond acceptors (Lipinski definition) is 4. The summed E-state index contributed by atoms with van der Waals surface area (Å²) < 4.78 is 11.3. The van der Waals surface area contributed by atoms with Crippen molar-refractivity contribution in [1.82, 2.24) is 0 Å². The number of para-hydroxylation sites is 1. The van der Waals surface area contributed by atoms with E-state index in [4.69, 9.17) is 9.47 Å². The molecule has 2 atom stereocenters. The van der Waals surface area contributed by atoms with Crippen molar-refractivity contribution in [2.24, 2.45) is 5.41 Å². The number of hydrogen-bond donors (Lipinski definition) is 2. The maximum Gasteiger partial charge on any atom is 0.234 e. The monoisotopic (exact) mass is 276 g/mol. The Morgan fingerprint density at radius 1 is 1.45 bits per heavy atom. The lowest BCUT2D eigenvalue weighted by molar-refractivity contribution is -0.124. The molecule has 1 saturated heterocycles. The molecule has 108 valence electrons. The van der Waals surface area contributed by atoms with Crippen LogP contribution in [0, 0.1) is 5.41 Å². The molecule has 2 heterocycles. The number of amides is 1. The number of carbonyl (C=O) groups excluding carboxylic acids is 1. The molecule has 2 aliphatic rings. The van der Waals surface area contributed by atoms with Crippen LogP contribution >= 0.6 is 0 Å². The Morgan fingerprint density at radius 2 is 2.25 bits per heavy atom. The molecule has 1 fully saturated rings. The average Bonchev–Trinajstić information content (AvgIpc) is 2.71. The Balaban J connectivity index is 2.01. The molecule has 2 aliphatic heterocycles. The Hall–Kier alpha value is -1.75. The van der Waals surface area contributed by atoms with Crippen molar-refractivity contribution in [3.8, 4) is 5.75 Å². The molecule has 3 rings (SSSR count). The van der Waals surface area contributed by atoms with Gasteiger partial charge in [-0.3, -0.25) is 4.79 Å². The lowest BCUT2D eigenvalue weighted by Crippen LogP contribution is -2.44. The zero-order valence-corrected chi connectivity index (χ0v) is 12.0. The molecule has 0 bridgehead atoms. The van der Waals surface area contributed by atoms with Crippen LogP contribution in [-0.4, -0.2) is 31.3 Å². The first-order valence-corrected chi connectivity index (χ1v) is 6.96. The van der Waals surface area contributed by atoms with E-state index in [-0.39, 0.29) is 18.1 Å². The van der Waals surface area contributed by atoms with Crippen molar-refractivity contribution in [3.05, 3.63) is 18.2 Å². The summed E-state index contributed by atoms with van der Waals surface area (Å²) in [7, 11) is 0. The summed E-state index contributed by atoms with van der Waals surface area (Å²) in [4.78, 5) is 12.5. The van der Waals surface area contributed by atoms with Crippen LogP contribution in [0.1, 0.15) is 20.8 Å². The zero-order chi connectivity index (χ0) is 14.3. The number of rotatable bonds is 2. The van der Waals surface area contributed by atoms with E-state index in [0.29, 0.717) is 19.0 Å². The minimum atomic E-state index is -0.547. The van der Waals surface area contributed by atoms with Crippen LogP contribution < -0.4 is 15.4 Å². The Bertz CT molecular complexity index is 544. The van der Waals surface area contributed by atoms with Gasteiger partial charge < -0.3 is 20.1 Å².